The molecule has 0 amide bonds. The average molecular weight is 339 g/mol. The molecule has 7 heteroatoms. The molecule has 1 aliphatic rings. The van der Waals surface area contributed by atoms with Crippen LogP contribution < -0.4 is 4.90 Å². The minimum Gasteiger partial charge on any atom is -0.352 e. The van der Waals surface area contributed by atoms with Crippen molar-refractivity contribution in [3.05, 3.63) is 17.3 Å². The lowest BCUT2D eigenvalue weighted by molar-refractivity contribution is 0.478. The molecule has 1 unspecified atom stereocenters. The second-order valence-electron chi connectivity index (χ2n) is 5.89. The zero-order chi connectivity index (χ0) is 15.7. The molecule has 0 radical (unpaired) electrons. The molecule has 0 spiro atoms. The number of hydrogen-bond acceptors (Lipinski definition) is 6. The van der Waals surface area contributed by atoms with Crippen molar-refractivity contribution in [2.45, 2.75) is 38.6 Å². The van der Waals surface area contributed by atoms with Gasteiger partial charge in [0.15, 0.2) is 0 Å². The molecule has 1 atom stereocenters. The molecule has 0 N–H and O–H groups in total. The summed E-state index contributed by atoms with van der Waals surface area (Å²) < 4.78 is 23.5. The fourth-order valence-corrected chi connectivity index (χ4v) is 4.88. The van der Waals surface area contributed by atoms with Gasteiger partial charge >= 0.3 is 0 Å². The molecule has 0 saturated carbocycles. The number of piperidine rings is 1. The molecule has 2 aromatic rings. The van der Waals surface area contributed by atoms with Crippen molar-refractivity contribution in [2.24, 2.45) is 0 Å². The highest BCUT2D eigenvalue weighted by molar-refractivity contribution is 7.90. The largest absolute Gasteiger partial charge is 0.352 e. The van der Waals surface area contributed by atoms with Gasteiger partial charge in [0.25, 0.3) is 0 Å². The summed E-state index contributed by atoms with van der Waals surface area (Å²) in [5.74, 6) is 1.94. The van der Waals surface area contributed by atoms with Crippen molar-refractivity contribution >= 4 is 37.2 Å². The van der Waals surface area contributed by atoms with Crippen LogP contribution in [0.2, 0.25) is 0 Å². The van der Waals surface area contributed by atoms with Crippen molar-refractivity contribution in [2.75, 3.05) is 23.5 Å². The van der Waals surface area contributed by atoms with Gasteiger partial charge in [-0.25, -0.2) is 18.4 Å². The fraction of sp³-hybridized carbons (Fsp3) is 0.600. The molecule has 3 heterocycles. The van der Waals surface area contributed by atoms with E-state index >= 15 is 0 Å². The summed E-state index contributed by atoms with van der Waals surface area (Å²) in [4.78, 5) is 12.5. The standard InChI is InChI=1S/C15H21N3O2S2/c1-3-13-16-14(12-7-9-21-15(12)17-13)18-8-5-4-6-11(18)10-22(2,19)20/h7,9,11H,3-6,8,10H2,1-2H3. The Hall–Kier alpha value is -1.21. The SMILES string of the molecule is CCc1nc(N2CCCCC2CS(C)(=O)=O)c2ccsc2n1. The molecule has 120 valence electrons. The normalized spacial score (nSPS) is 19.7. The number of aryl methyl sites for hydroxylation is 1. The molecule has 3 rings (SSSR count). The van der Waals surface area contributed by atoms with Gasteiger partial charge in [-0.2, -0.15) is 0 Å². The fourth-order valence-electron chi connectivity index (χ4n) is 3.06. The van der Waals surface area contributed by atoms with Gasteiger partial charge < -0.3 is 4.90 Å². The van der Waals surface area contributed by atoms with Crippen molar-refractivity contribution in [3.8, 4) is 0 Å². The number of sulfone groups is 1. The molecular formula is C15H21N3O2S2. The van der Waals surface area contributed by atoms with Gasteiger partial charge in [0, 0.05) is 25.3 Å². The van der Waals surface area contributed by atoms with Gasteiger partial charge in [-0.3, -0.25) is 0 Å². The average Bonchev–Trinajstić information content (AvgIpc) is 2.93. The molecule has 2 aromatic heterocycles. The van der Waals surface area contributed by atoms with Crippen molar-refractivity contribution in [1.29, 1.82) is 0 Å². The summed E-state index contributed by atoms with van der Waals surface area (Å²) in [6.45, 7) is 2.91. The van der Waals surface area contributed by atoms with E-state index in [0.717, 1.165) is 54.1 Å². The van der Waals surface area contributed by atoms with Gasteiger partial charge in [-0.05, 0) is 30.7 Å². The van der Waals surface area contributed by atoms with Gasteiger partial charge in [0.2, 0.25) is 0 Å². The minimum absolute atomic E-state index is 0.0199. The quantitative estimate of drug-likeness (QED) is 0.857. The second kappa shape index (κ2) is 6.12. The molecule has 5 nitrogen and oxygen atoms in total. The Kier molecular flexibility index (Phi) is 4.36. The monoisotopic (exact) mass is 339 g/mol. The van der Waals surface area contributed by atoms with Crippen LogP contribution in [0.15, 0.2) is 11.4 Å². The van der Waals surface area contributed by atoms with Crippen LogP contribution in [-0.2, 0) is 16.3 Å². The van der Waals surface area contributed by atoms with Crippen LogP contribution in [0.3, 0.4) is 0 Å². The first-order chi connectivity index (χ1) is 10.5. The van der Waals surface area contributed by atoms with Gasteiger partial charge in [-0.1, -0.05) is 6.92 Å². The predicted octanol–water partition coefficient (Wildman–Crippen LogP) is 2.66. The summed E-state index contributed by atoms with van der Waals surface area (Å²) >= 11 is 1.61. The number of nitrogens with zero attached hydrogens (tertiary/aromatic N) is 3. The Morgan fingerprint density at radius 1 is 1.36 bits per heavy atom. The molecule has 1 saturated heterocycles. The molecule has 0 bridgehead atoms. The van der Waals surface area contributed by atoms with E-state index in [1.54, 1.807) is 11.3 Å². The van der Waals surface area contributed by atoms with Crippen LogP contribution in [0.25, 0.3) is 10.2 Å². The molecule has 0 aromatic carbocycles. The van der Waals surface area contributed by atoms with Gasteiger partial charge in [0.1, 0.15) is 26.3 Å². The van der Waals surface area contributed by atoms with Gasteiger partial charge in [-0.15, -0.1) is 11.3 Å². The summed E-state index contributed by atoms with van der Waals surface area (Å²) in [5, 5.41) is 3.07. The number of rotatable bonds is 4. The smallest absolute Gasteiger partial charge is 0.149 e. The predicted molar refractivity (Wildman–Crippen MR) is 91.5 cm³/mol. The van der Waals surface area contributed by atoms with E-state index < -0.39 is 9.84 Å². The number of thiophene rings is 1. The summed E-state index contributed by atoms with van der Waals surface area (Å²) in [6, 6.07) is 2.06. The van der Waals surface area contributed by atoms with Crippen LogP contribution in [0.1, 0.15) is 32.0 Å². The minimum atomic E-state index is -3.00. The maximum Gasteiger partial charge on any atom is 0.149 e. The first-order valence-electron chi connectivity index (χ1n) is 7.66. The topological polar surface area (TPSA) is 63.2 Å². The Labute approximate surface area is 135 Å². The van der Waals surface area contributed by atoms with Crippen molar-refractivity contribution in [3.63, 3.8) is 0 Å². The highest BCUT2D eigenvalue weighted by atomic mass is 32.2. The van der Waals surface area contributed by atoms with E-state index in [2.05, 4.69) is 9.88 Å². The molecule has 1 fully saturated rings. The number of aromatic nitrogens is 2. The lowest BCUT2D eigenvalue weighted by atomic mass is 10.0. The lowest BCUT2D eigenvalue weighted by Crippen LogP contribution is -2.44. The molecule has 0 aliphatic carbocycles. The highest BCUT2D eigenvalue weighted by Gasteiger charge is 2.28. The highest BCUT2D eigenvalue weighted by Crippen LogP contribution is 2.32. The Morgan fingerprint density at radius 3 is 2.91 bits per heavy atom. The third-order valence-corrected chi connectivity index (χ3v) is 5.86. The Morgan fingerprint density at radius 2 is 2.18 bits per heavy atom. The Balaban J connectivity index is 2.05. The Bertz CT molecular complexity index is 770. The third-order valence-electron chi connectivity index (χ3n) is 4.06. The number of anilines is 1. The van der Waals surface area contributed by atoms with E-state index in [1.807, 2.05) is 18.4 Å². The first kappa shape index (κ1) is 15.7. The first-order valence-corrected chi connectivity index (χ1v) is 10.6. The second-order valence-corrected chi connectivity index (χ2v) is 8.97. The van der Waals surface area contributed by atoms with E-state index in [4.69, 9.17) is 4.98 Å². The van der Waals surface area contributed by atoms with Crippen molar-refractivity contribution in [1.82, 2.24) is 9.97 Å². The molecule has 22 heavy (non-hydrogen) atoms. The molecule has 1 aliphatic heterocycles. The summed E-state index contributed by atoms with van der Waals surface area (Å²) in [7, 11) is -3.00. The molecular weight excluding hydrogens is 318 g/mol. The van der Waals surface area contributed by atoms with Crippen LogP contribution in [-0.4, -0.2) is 43.0 Å². The van der Waals surface area contributed by atoms with Crippen LogP contribution >= 0.6 is 11.3 Å². The van der Waals surface area contributed by atoms with Crippen molar-refractivity contribution < 1.29 is 8.42 Å². The van der Waals surface area contributed by atoms with E-state index in [0.29, 0.717) is 0 Å². The summed E-state index contributed by atoms with van der Waals surface area (Å²) in [6.07, 6.45) is 5.17. The number of hydrogen-bond donors (Lipinski definition) is 0. The summed E-state index contributed by atoms with van der Waals surface area (Å²) in [5.41, 5.74) is 0. The van der Waals surface area contributed by atoms with Gasteiger partial charge in [0.05, 0.1) is 11.1 Å². The third kappa shape index (κ3) is 3.25. The van der Waals surface area contributed by atoms with Crippen LogP contribution in [0, 0.1) is 0 Å². The van der Waals surface area contributed by atoms with Crippen LogP contribution in [0.5, 0.6) is 0 Å². The number of fused-ring (bicyclic) bond motifs is 1. The van der Waals surface area contributed by atoms with E-state index in [-0.39, 0.29) is 11.8 Å². The zero-order valence-corrected chi connectivity index (χ0v) is 14.6. The zero-order valence-electron chi connectivity index (χ0n) is 12.9. The maximum absolute atomic E-state index is 11.8. The maximum atomic E-state index is 11.8. The lowest BCUT2D eigenvalue weighted by Gasteiger charge is -2.36. The van der Waals surface area contributed by atoms with E-state index in [1.165, 1.54) is 6.26 Å². The van der Waals surface area contributed by atoms with Crippen LogP contribution in [0.4, 0.5) is 5.82 Å². The van der Waals surface area contributed by atoms with E-state index in [9.17, 15) is 8.42 Å².